The molecule has 7 heteroatoms. The summed E-state index contributed by atoms with van der Waals surface area (Å²) in [5.41, 5.74) is 3.80. The monoisotopic (exact) mass is 352 g/mol. The molecular formula is C19H20N4O3. The van der Waals surface area contributed by atoms with Gasteiger partial charge in [-0.2, -0.15) is 0 Å². The van der Waals surface area contributed by atoms with Crippen LogP contribution in [0.1, 0.15) is 37.8 Å². The van der Waals surface area contributed by atoms with Crippen LogP contribution in [0.5, 0.6) is 0 Å². The molecule has 0 radical (unpaired) electrons. The lowest BCUT2D eigenvalue weighted by molar-refractivity contribution is 0.0696. The molecular weight excluding hydrogens is 332 g/mol. The number of hydrogen-bond donors (Lipinski definition) is 3. The largest absolute Gasteiger partial charge is 0.478 e. The molecule has 0 spiro atoms. The highest BCUT2D eigenvalue weighted by Crippen LogP contribution is 2.22. The Morgan fingerprint density at radius 3 is 2.54 bits per heavy atom. The first kappa shape index (κ1) is 17.5. The highest BCUT2D eigenvalue weighted by molar-refractivity contribution is 5.98. The first-order valence-electron chi connectivity index (χ1n) is 8.25. The topological polar surface area (TPSA) is 100 Å². The molecule has 0 saturated carbocycles. The molecule has 3 aromatic rings. The number of carboxylic acid groups (broad SMARTS) is 1. The predicted molar refractivity (Wildman–Crippen MR) is 96.8 cm³/mol. The summed E-state index contributed by atoms with van der Waals surface area (Å²) < 4.78 is 1.84. The summed E-state index contributed by atoms with van der Waals surface area (Å²) in [6, 6.07) is 8.46. The van der Waals surface area contributed by atoms with E-state index >= 15 is 0 Å². The van der Waals surface area contributed by atoms with Crippen molar-refractivity contribution in [1.82, 2.24) is 19.9 Å². The summed E-state index contributed by atoms with van der Waals surface area (Å²) in [4.78, 5) is 31.0. The van der Waals surface area contributed by atoms with Gasteiger partial charge in [0.1, 0.15) is 0 Å². The van der Waals surface area contributed by atoms with Crippen LogP contribution in [0.25, 0.3) is 5.69 Å². The number of H-pyrrole nitrogens is 1. The van der Waals surface area contributed by atoms with E-state index in [0.29, 0.717) is 24.2 Å². The quantitative estimate of drug-likeness (QED) is 0.634. The molecule has 1 amide bonds. The van der Waals surface area contributed by atoms with Crippen LogP contribution >= 0.6 is 0 Å². The SMILES string of the molecule is Cc1ccc(C)n1-c1cc(C(=O)NCCc2cnc[nH]2)ccc1C(=O)O. The number of carboxylic acids is 1. The second-order valence-corrected chi connectivity index (χ2v) is 6.07. The number of nitrogens with zero attached hydrogens (tertiary/aromatic N) is 2. The van der Waals surface area contributed by atoms with Crippen molar-refractivity contribution < 1.29 is 14.7 Å². The third-order valence-corrected chi connectivity index (χ3v) is 4.24. The van der Waals surface area contributed by atoms with Gasteiger partial charge in [0.05, 0.1) is 17.6 Å². The molecule has 2 heterocycles. The van der Waals surface area contributed by atoms with Crippen LogP contribution in [0.4, 0.5) is 0 Å². The van der Waals surface area contributed by atoms with Gasteiger partial charge in [0.2, 0.25) is 0 Å². The van der Waals surface area contributed by atoms with Crippen LogP contribution < -0.4 is 5.32 Å². The van der Waals surface area contributed by atoms with E-state index in [1.807, 2.05) is 30.5 Å². The average molecular weight is 352 g/mol. The number of benzene rings is 1. The lowest BCUT2D eigenvalue weighted by Crippen LogP contribution is -2.26. The number of rotatable bonds is 6. The standard InChI is InChI=1S/C19H20N4O3/c1-12-3-4-13(2)23(12)17-9-14(5-6-16(17)19(25)26)18(24)21-8-7-15-10-20-11-22-15/h3-6,9-11H,7-8H2,1-2H3,(H,20,22)(H,21,24)(H,25,26). The van der Waals surface area contributed by atoms with Gasteiger partial charge in [0.15, 0.2) is 0 Å². The van der Waals surface area contributed by atoms with Crippen LogP contribution in [-0.4, -0.2) is 38.1 Å². The number of carbonyl (C=O) groups excluding carboxylic acids is 1. The minimum Gasteiger partial charge on any atom is -0.478 e. The number of imidazole rings is 1. The fraction of sp³-hybridized carbons (Fsp3) is 0.211. The third-order valence-electron chi connectivity index (χ3n) is 4.24. The van der Waals surface area contributed by atoms with Crippen LogP contribution in [0.3, 0.4) is 0 Å². The first-order chi connectivity index (χ1) is 12.5. The molecule has 3 N–H and O–H groups in total. The molecule has 134 valence electrons. The van der Waals surface area contributed by atoms with Crippen LogP contribution in [0.2, 0.25) is 0 Å². The van der Waals surface area contributed by atoms with Gasteiger partial charge in [-0.3, -0.25) is 4.79 Å². The second kappa shape index (κ2) is 7.26. The highest BCUT2D eigenvalue weighted by Gasteiger charge is 2.17. The van der Waals surface area contributed by atoms with Crippen molar-refractivity contribution in [2.45, 2.75) is 20.3 Å². The summed E-state index contributed by atoms with van der Waals surface area (Å²) in [7, 11) is 0. The Morgan fingerprint density at radius 2 is 1.92 bits per heavy atom. The van der Waals surface area contributed by atoms with Gasteiger partial charge in [-0.15, -0.1) is 0 Å². The molecule has 3 rings (SSSR count). The van der Waals surface area contributed by atoms with Crippen molar-refractivity contribution in [3.8, 4) is 5.69 Å². The smallest absolute Gasteiger partial charge is 0.337 e. The zero-order valence-corrected chi connectivity index (χ0v) is 14.6. The maximum absolute atomic E-state index is 12.5. The molecule has 0 fully saturated rings. The van der Waals surface area contributed by atoms with E-state index in [1.165, 1.54) is 12.1 Å². The Morgan fingerprint density at radius 1 is 1.19 bits per heavy atom. The number of amides is 1. The van der Waals surface area contributed by atoms with Crippen molar-refractivity contribution >= 4 is 11.9 Å². The van der Waals surface area contributed by atoms with E-state index in [0.717, 1.165) is 17.1 Å². The van der Waals surface area contributed by atoms with Gasteiger partial charge in [-0.05, 0) is 44.2 Å². The molecule has 0 atom stereocenters. The number of aromatic nitrogens is 3. The van der Waals surface area contributed by atoms with E-state index in [2.05, 4.69) is 15.3 Å². The summed E-state index contributed by atoms with van der Waals surface area (Å²) >= 11 is 0. The molecule has 7 nitrogen and oxygen atoms in total. The molecule has 1 aromatic carbocycles. The molecule has 0 bridgehead atoms. The van der Waals surface area contributed by atoms with Crippen LogP contribution in [0, 0.1) is 13.8 Å². The summed E-state index contributed by atoms with van der Waals surface area (Å²) in [6.07, 6.45) is 3.95. The normalized spacial score (nSPS) is 10.7. The molecule has 0 aliphatic rings. The Balaban J connectivity index is 1.85. The summed E-state index contributed by atoms with van der Waals surface area (Å²) in [5.74, 6) is -1.27. The lowest BCUT2D eigenvalue weighted by Gasteiger charge is -2.14. The fourth-order valence-corrected chi connectivity index (χ4v) is 2.92. The van der Waals surface area contributed by atoms with Crippen LogP contribution in [0.15, 0.2) is 42.9 Å². The minimum atomic E-state index is -1.03. The van der Waals surface area contributed by atoms with E-state index in [4.69, 9.17) is 0 Å². The van der Waals surface area contributed by atoms with Gasteiger partial charge in [-0.1, -0.05) is 0 Å². The Kier molecular flexibility index (Phi) is 4.88. The number of aromatic carboxylic acids is 1. The maximum atomic E-state index is 12.5. The number of aryl methyl sites for hydroxylation is 2. The first-order valence-corrected chi connectivity index (χ1v) is 8.25. The lowest BCUT2D eigenvalue weighted by atomic mass is 10.1. The predicted octanol–water partition coefficient (Wildman–Crippen LogP) is 2.49. The Labute approximate surface area is 150 Å². The van der Waals surface area contributed by atoms with Crippen molar-refractivity contribution in [1.29, 1.82) is 0 Å². The van der Waals surface area contributed by atoms with Crippen LogP contribution in [-0.2, 0) is 6.42 Å². The van der Waals surface area contributed by atoms with Gasteiger partial charge in [0.25, 0.3) is 5.91 Å². The third kappa shape index (κ3) is 3.51. The minimum absolute atomic E-state index is 0.154. The van der Waals surface area contributed by atoms with Crippen molar-refractivity contribution in [3.05, 3.63) is 71.1 Å². The second-order valence-electron chi connectivity index (χ2n) is 6.07. The van der Waals surface area contributed by atoms with E-state index in [1.54, 1.807) is 18.6 Å². The molecule has 0 unspecified atom stereocenters. The molecule has 0 saturated heterocycles. The fourth-order valence-electron chi connectivity index (χ4n) is 2.92. The van der Waals surface area contributed by atoms with Crippen molar-refractivity contribution in [3.63, 3.8) is 0 Å². The van der Waals surface area contributed by atoms with Crippen molar-refractivity contribution in [2.75, 3.05) is 6.54 Å². The van der Waals surface area contributed by atoms with Gasteiger partial charge >= 0.3 is 5.97 Å². The maximum Gasteiger partial charge on any atom is 0.337 e. The number of nitrogens with one attached hydrogen (secondary N) is 2. The zero-order chi connectivity index (χ0) is 18.7. The van der Waals surface area contributed by atoms with Gasteiger partial charge in [0, 0.05) is 41.8 Å². The highest BCUT2D eigenvalue weighted by atomic mass is 16.4. The zero-order valence-electron chi connectivity index (χ0n) is 14.6. The molecule has 26 heavy (non-hydrogen) atoms. The Hall–Kier alpha value is -3.35. The van der Waals surface area contributed by atoms with E-state index in [9.17, 15) is 14.7 Å². The summed E-state index contributed by atoms with van der Waals surface area (Å²) in [5, 5.41) is 12.3. The molecule has 0 aliphatic carbocycles. The van der Waals surface area contributed by atoms with Gasteiger partial charge in [-0.25, -0.2) is 9.78 Å². The number of carbonyl (C=O) groups is 2. The number of hydrogen-bond acceptors (Lipinski definition) is 3. The van der Waals surface area contributed by atoms with E-state index < -0.39 is 5.97 Å². The molecule has 0 aliphatic heterocycles. The van der Waals surface area contributed by atoms with E-state index in [-0.39, 0.29) is 11.5 Å². The van der Waals surface area contributed by atoms with Gasteiger partial charge < -0.3 is 20.0 Å². The Bertz CT molecular complexity index is 922. The summed E-state index contributed by atoms with van der Waals surface area (Å²) in [6.45, 7) is 4.25. The molecule has 2 aromatic heterocycles. The average Bonchev–Trinajstić information content (AvgIpc) is 3.24. The number of aromatic amines is 1. The van der Waals surface area contributed by atoms with Crippen molar-refractivity contribution in [2.24, 2.45) is 0 Å².